The molecule has 1 aliphatic carbocycles. The Kier molecular flexibility index (Phi) is 7.33. The van der Waals surface area contributed by atoms with E-state index in [0.717, 1.165) is 25.1 Å². The number of hydrogen-bond acceptors (Lipinski definition) is 7. The third-order valence-corrected chi connectivity index (χ3v) is 6.19. The van der Waals surface area contributed by atoms with Crippen LogP contribution >= 0.6 is 0 Å². The van der Waals surface area contributed by atoms with E-state index in [0.29, 0.717) is 18.7 Å². The van der Waals surface area contributed by atoms with E-state index in [-0.39, 0.29) is 43.9 Å². The average Bonchev–Trinajstić information content (AvgIpc) is 3.63. The van der Waals surface area contributed by atoms with Crippen LogP contribution in [0, 0.1) is 11.7 Å². The minimum atomic E-state index is -4.49. The Morgan fingerprint density at radius 2 is 1.97 bits per heavy atom. The van der Waals surface area contributed by atoms with Crippen LogP contribution in [0.2, 0.25) is 0 Å². The second-order valence-electron chi connectivity index (χ2n) is 8.90. The van der Waals surface area contributed by atoms with Gasteiger partial charge in [-0.1, -0.05) is 0 Å². The molecule has 3 N–H and O–H groups in total. The number of rotatable bonds is 9. The monoisotopic (exact) mass is 499 g/mol. The van der Waals surface area contributed by atoms with Gasteiger partial charge < -0.3 is 16.0 Å². The van der Waals surface area contributed by atoms with Gasteiger partial charge in [0.2, 0.25) is 11.7 Å². The Bertz CT molecular complexity index is 1030. The molecule has 190 valence electrons. The average molecular weight is 499 g/mol. The number of hydrogen-bond donors (Lipinski definition) is 2. The molecule has 4 rings (SSSR count). The molecule has 8 nitrogen and oxygen atoms in total. The summed E-state index contributed by atoms with van der Waals surface area (Å²) in [6.07, 6.45) is -1.70. The SMILES string of the molecule is NC(=O)CN1CC[C@@H](CNc2ncnc(N(Cc3ccc(C(F)(F)F)cn3)C3CC3)c2F)[C@H](F)C1. The first kappa shape index (κ1) is 25.0. The summed E-state index contributed by atoms with van der Waals surface area (Å²) in [5.41, 5.74) is 4.66. The van der Waals surface area contributed by atoms with Crippen molar-refractivity contribution in [1.29, 1.82) is 0 Å². The van der Waals surface area contributed by atoms with Crippen LogP contribution in [-0.2, 0) is 17.5 Å². The van der Waals surface area contributed by atoms with Gasteiger partial charge in [-0.3, -0.25) is 14.7 Å². The molecular formula is C22H26F5N7O. The molecule has 1 saturated heterocycles. The van der Waals surface area contributed by atoms with Gasteiger partial charge in [0.25, 0.3) is 0 Å². The van der Waals surface area contributed by atoms with Crippen LogP contribution in [0.5, 0.6) is 0 Å². The minimum Gasteiger partial charge on any atom is -0.369 e. The fourth-order valence-electron chi connectivity index (χ4n) is 4.15. The van der Waals surface area contributed by atoms with E-state index in [1.54, 1.807) is 9.80 Å². The molecule has 0 unspecified atom stereocenters. The summed E-state index contributed by atoms with van der Waals surface area (Å²) in [6, 6.07) is 2.20. The highest BCUT2D eigenvalue weighted by molar-refractivity contribution is 5.75. The Morgan fingerprint density at radius 1 is 1.20 bits per heavy atom. The molecule has 13 heteroatoms. The number of likely N-dealkylation sites (tertiary alicyclic amines) is 1. The predicted octanol–water partition coefficient (Wildman–Crippen LogP) is 2.76. The van der Waals surface area contributed by atoms with E-state index in [1.807, 2.05) is 0 Å². The van der Waals surface area contributed by atoms with Crippen molar-refractivity contribution in [3.8, 4) is 0 Å². The summed E-state index contributed by atoms with van der Waals surface area (Å²) in [5, 5.41) is 2.87. The molecule has 2 aliphatic rings. The molecule has 0 bridgehead atoms. The number of anilines is 2. The third-order valence-electron chi connectivity index (χ3n) is 6.19. The summed E-state index contributed by atoms with van der Waals surface area (Å²) in [5.74, 6) is -1.69. The van der Waals surface area contributed by atoms with Crippen molar-refractivity contribution in [1.82, 2.24) is 19.9 Å². The Hall–Kier alpha value is -3.09. The number of carbonyl (C=O) groups excluding carboxylic acids is 1. The van der Waals surface area contributed by atoms with Gasteiger partial charge in [-0.25, -0.2) is 14.4 Å². The van der Waals surface area contributed by atoms with Gasteiger partial charge in [0, 0.05) is 31.2 Å². The molecule has 2 fully saturated rings. The van der Waals surface area contributed by atoms with Crippen molar-refractivity contribution in [3.63, 3.8) is 0 Å². The Balaban J connectivity index is 1.42. The van der Waals surface area contributed by atoms with Gasteiger partial charge >= 0.3 is 6.18 Å². The lowest BCUT2D eigenvalue weighted by Gasteiger charge is -2.34. The third kappa shape index (κ3) is 6.32. The Morgan fingerprint density at radius 3 is 2.57 bits per heavy atom. The molecule has 0 aromatic carbocycles. The summed E-state index contributed by atoms with van der Waals surface area (Å²) >= 11 is 0. The molecule has 1 amide bonds. The molecule has 35 heavy (non-hydrogen) atoms. The van der Waals surface area contributed by atoms with Crippen molar-refractivity contribution in [2.75, 3.05) is 36.4 Å². The van der Waals surface area contributed by atoms with Gasteiger partial charge in [-0.15, -0.1) is 0 Å². The maximum absolute atomic E-state index is 15.3. The summed E-state index contributed by atoms with van der Waals surface area (Å²) in [6.45, 7) is 0.796. The molecule has 0 radical (unpaired) electrons. The van der Waals surface area contributed by atoms with Gasteiger partial charge in [-0.2, -0.15) is 17.6 Å². The molecule has 2 atom stereocenters. The lowest BCUT2D eigenvalue weighted by molar-refractivity contribution is -0.137. The van der Waals surface area contributed by atoms with Crippen molar-refractivity contribution < 1.29 is 26.7 Å². The number of piperidine rings is 1. The van der Waals surface area contributed by atoms with Gasteiger partial charge in [-0.05, 0) is 37.9 Å². The number of aromatic nitrogens is 3. The number of nitrogens with two attached hydrogens (primary N) is 1. The van der Waals surface area contributed by atoms with Crippen molar-refractivity contribution in [2.24, 2.45) is 11.7 Å². The van der Waals surface area contributed by atoms with Crippen molar-refractivity contribution in [3.05, 3.63) is 41.7 Å². The van der Waals surface area contributed by atoms with Crippen LogP contribution in [0.15, 0.2) is 24.7 Å². The number of halogens is 5. The topological polar surface area (TPSA) is 100 Å². The number of alkyl halides is 4. The van der Waals surface area contributed by atoms with E-state index >= 15 is 4.39 Å². The van der Waals surface area contributed by atoms with Crippen LogP contribution < -0.4 is 16.0 Å². The van der Waals surface area contributed by atoms with Crippen LogP contribution in [-0.4, -0.2) is 64.2 Å². The fourth-order valence-corrected chi connectivity index (χ4v) is 4.15. The van der Waals surface area contributed by atoms with E-state index in [4.69, 9.17) is 5.73 Å². The molecule has 2 aromatic rings. The highest BCUT2D eigenvalue weighted by Crippen LogP contribution is 2.35. The maximum atomic E-state index is 15.3. The molecule has 0 spiro atoms. The smallest absolute Gasteiger partial charge is 0.369 e. The predicted molar refractivity (Wildman–Crippen MR) is 118 cm³/mol. The van der Waals surface area contributed by atoms with E-state index < -0.39 is 35.6 Å². The lowest BCUT2D eigenvalue weighted by atomic mass is 9.95. The van der Waals surface area contributed by atoms with E-state index in [9.17, 15) is 22.4 Å². The number of nitrogens with zero attached hydrogens (tertiary/aromatic N) is 5. The zero-order valence-corrected chi connectivity index (χ0v) is 18.8. The molecule has 1 saturated carbocycles. The van der Waals surface area contributed by atoms with Crippen molar-refractivity contribution >= 4 is 17.5 Å². The molecule has 1 aliphatic heterocycles. The first-order chi connectivity index (χ1) is 16.6. The van der Waals surface area contributed by atoms with Gasteiger partial charge in [0.1, 0.15) is 12.5 Å². The van der Waals surface area contributed by atoms with Crippen LogP contribution in [0.25, 0.3) is 0 Å². The Labute approximate surface area is 198 Å². The number of carbonyl (C=O) groups is 1. The first-order valence-electron chi connectivity index (χ1n) is 11.3. The molecule has 2 aromatic heterocycles. The maximum Gasteiger partial charge on any atom is 0.417 e. The second-order valence-corrected chi connectivity index (χ2v) is 8.90. The fraction of sp³-hybridized carbons (Fsp3) is 0.545. The minimum absolute atomic E-state index is 0.00470. The van der Waals surface area contributed by atoms with Crippen LogP contribution in [0.1, 0.15) is 30.5 Å². The summed E-state index contributed by atoms with van der Waals surface area (Å²) in [4.78, 5) is 26.3. The number of pyridine rings is 1. The van der Waals surface area contributed by atoms with E-state index in [2.05, 4.69) is 20.3 Å². The number of primary amides is 1. The summed E-state index contributed by atoms with van der Waals surface area (Å²) in [7, 11) is 0. The largest absolute Gasteiger partial charge is 0.417 e. The quantitative estimate of drug-likeness (QED) is 0.512. The number of amides is 1. The molecular weight excluding hydrogens is 473 g/mol. The van der Waals surface area contributed by atoms with Gasteiger partial charge in [0.15, 0.2) is 11.6 Å². The zero-order chi connectivity index (χ0) is 25.2. The summed E-state index contributed by atoms with van der Waals surface area (Å²) < 4.78 is 68.4. The van der Waals surface area contributed by atoms with Crippen LogP contribution in [0.3, 0.4) is 0 Å². The highest BCUT2D eigenvalue weighted by atomic mass is 19.4. The highest BCUT2D eigenvalue weighted by Gasteiger charge is 2.35. The van der Waals surface area contributed by atoms with Crippen LogP contribution in [0.4, 0.5) is 33.6 Å². The lowest BCUT2D eigenvalue weighted by Crippen LogP contribution is -2.46. The van der Waals surface area contributed by atoms with E-state index in [1.165, 1.54) is 12.4 Å². The normalized spacial score (nSPS) is 21.1. The van der Waals surface area contributed by atoms with Crippen molar-refractivity contribution in [2.45, 2.75) is 44.2 Å². The molecule has 3 heterocycles. The van der Waals surface area contributed by atoms with Gasteiger partial charge in [0.05, 0.1) is 24.3 Å². The zero-order valence-electron chi connectivity index (χ0n) is 18.8. The first-order valence-corrected chi connectivity index (χ1v) is 11.3. The second kappa shape index (κ2) is 10.3. The number of nitrogens with one attached hydrogen (secondary N) is 1. The standard InChI is InChI=1S/C22H26F5N7O/c23-17-10-33(11-18(28)35)6-5-13(17)7-30-20-19(24)21(32-12-31-20)34(16-3-4-16)9-15-2-1-14(8-29-15)22(25,26)27/h1-2,8,12-13,16-17H,3-7,9-11H2,(H2,28,35)(H,30,31,32)/t13-,17+/m0/s1.